The van der Waals surface area contributed by atoms with Crippen molar-refractivity contribution >= 4 is 29.0 Å². The summed E-state index contributed by atoms with van der Waals surface area (Å²) in [5.41, 5.74) is 1.11. The average molecular weight is 517 g/mol. The van der Waals surface area contributed by atoms with Crippen LogP contribution in [0.3, 0.4) is 0 Å². The van der Waals surface area contributed by atoms with Crippen molar-refractivity contribution in [2.24, 2.45) is 11.8 Å². The number of Topliss-reactive ketones (excluding diaryl/α,β-unsaturated/α-hetero) is 1. The highest BCUT2D eigenvalue weighted by atomic mass is 19.1. The number of aliphatic hydroxyl groups is 1. The fourth-order valence-corrected chi connectivity index (χ4v) is 5.53. The van der Waals surface area contributed by atoms with Gasteiger partial charge in [-0.25, -0.2) is 4.39 Å². The molecule has 6 nitrogen and oxygen atoms in total. The first-order valence-electron chi connectivity index (χ1n) is 12.9. The minimum atomic E-state index is -1.81. The molecule has 1 aliphatic carbocycles. The number of hydrogen-bond acceptors (Lipinski definition) is 4. The van der Waals surface area contributed by atoms with Crippen LogP contribution in [-0.2, 0) is 27.2 Å². The second-order valence-electron chi connectivity index (χ2n) is 10.0. The average Bonchev–Trinajstić information content (AvgIpc) is 2.88. The predicted molar refractivity (Wildman–Crippen MR) is 145 cm³/mol. The largest absolute Gasteiger partial charge is 0.389 e. The van der Waals surface area contributed by atoms with Crippen molar-refractivity contribution < 1.29 is 23.9 Å². The van der Waals surface area contributed by atoms with E-state index in [1.165, 1.54) is 25.1 Å². The summed E-state index contributed by atoms with van der Waals surface area (Å²) in [7, 11) is 0. The predicted octanol–water partition coefficient (Wildman–Crippen LogP) is 5.27. The summed E-state index contributed by atoms with van der Waals surface area (Å²) in [6.45, 7) is 5.30. The zero-order chi connectivity index (χ0) is 27.4. The molecule has 1 saturated carbocycles. The molecule has 0 aliphatic heterocycles. The summed E-state index contributed by atoms with van der Waals surface area (Å²) in [4.78, 5) is 41.0. The van der Waals surface area contributed by atoms with Gasteiger partial charge in [0.2, 0.25) is 11.8 Å². The highest BCUT2D eigenvalue weighted by molar-refractivity contribution is 6.10. The second-order valence-corrected chi connectivity index (χ2v) is 10.0. The Balaban J connectivity index is 1.80. The van der Waals surface area contributed by atoms with E-state index >= 15 is 4.39 Å². The first-order chi connectivity index (χ1) is 18.2. The summed E-state index contributed by atoms with van der Waals surface area (Å²) < 4.78 is 15.3. The third-order valence-corrected chi connectivity index (χ3v) is 7.41. The maximum atomic E-state index is 15.3. The van der Waals surface area contributed by atoms with Crippen molar-refractivity contribution in [3.63, 3.8) is 0 Å². The molecule has 0 bridgehead atoms. The molecule has 1 fully saturated rings. The number of para-hydroxylation sites is 2. The van der Waals surface area contributed by atoms with Gasteiger partial charge < -0.3 is 15.7 Å². The van der Waals surface area contributed by atoms with Crippen LogP contribution in [0.5, 0.6) is 0 Å². The molecule has 0 radical (unpaired) electrons. The highest BCUT2D eigenvalue weighted by Crippen LogP contribution is 2.47. The highest BCUT2D eigenvalue weighted by Gasteiger charge is 2.56. The van der Waals surface area contributed by atoms with E-state index in [-0.39, 0.29) is 5.56 Å². The smallest absolute Gasteiger partial charge is 0.235 e. The van der Waals surface area contributed by atoms with Crippen LogP contribution in [0, 0.1) is 17.7 Å². The fraction of sp³-hybridized carbons (Fsp3) is 0.323. The summed E-state index contributed by atoms with van der Waals surface area (Å²) in [5.74, 6) is -6.30. The Bertz CT molecular complexity index is 1350. The van der Waals surface area contributed by atoms with E-state index in [2.05, 4.69) is 10.6 Å². The van der Waals surface area contributed by atoms with Crippen molar-refractivity contribution in [2.75, 3.05) is 10.6 Å². The lowest BCUT2D eigenvalue weighted by Crippen LogP contribution is -2.56. The van der Waals surface area contributed by atoms with Gasteiger partial charge in [0.25, 0.3) is 0 Å². The molecule has 4 atom stereocenters. The van der Waals surface area contributed by atoms with Gasteiger partial charge >= 0.3 is 0 Å². The molecular weight excluding hydrogens is 483 g/mol. The summed E-state index contributed by atoms with van der Waals surface area (Å²) in [6, 6.07) is 20.3. The van der Waals surface area contributed by atoms with Crippen LogP contribution < -0.4 is 10.6 Å². The van der Waals surface area contributed by atoms with Crippen LogP contribution >= 0.6 is 0 Å². The van der Waals surface area contributed by atoms with Crippen LogP contribution in [-0.4, -0.2) is 28.3 Å². The van der Waals surface area contributed by atoms with E-state index in [0.717, 1.165) is 11.1 Å². The Hall–Kier alpha value is -3.84. The third-order valence-electron chi connectivity index (χ3n) is 7.41. The van der Waals surface area contributed by atoms with Crippen molar-refractivity contribution in [1.29, 1.82) is 0 Å². The van der Waals surface area contributed by atoms with E-state index in [0.29, 0.717) is 24.2 Å². The molecule has 1 aliphatic rings. The van der Waals surface area contributed by atoms with E-state index in [4.69, 9.17) is 0 Å². The molecule has 38 heavy (non-hydrogen) atoms. The van der Waals surface area contributed by atoms with Gasteiger partial charge in [0, 0.05) is 23.7 Å². The molecule has 0 saturated heterocycles. The number of anilines is 2. The molecule has 3 N–H and O–H groups in total. The molecule has 4 unspecified atom stereocenters. The Labute approximate surface area is 222 Å². The molecule has 2 amide bonds. The number of amides is 2. The molecule has 0 spiro atoms. The number of aryl methyl sites for hydroxylation is 2. The Kier molecular flexibility index (Phi) is 8.07. The number of rotatable bonds is 7. The maximum Gasteiger partial charge on any atom is 0.235 e. The zero-order valence-corrected chi connectivity index (χ0v) is 21.8. The minimum absolute atomic E-state index is 0.0358. The first kappa shape index (κ1) is 27.2. The summed E-state index contributed by atoms with van der Waals surface area (Å²) >= 11 is 0. The SMILES string of the molecule is CCc1ccccc1NC(=O)C1C(=O)CC(C)(O)C(C(=O)Nc2ccccc2CC)C1c1ccccc1F. The van der Waals surface area contributed by atoms with Crippen molar-refractivity contribution in [3.8, 4) is 0 Å². The Morgan fingerprint density at radius 1 is 0.868 bits per heavy atom. The minimum Gasteiger partial charge on any atom is -0.389 e. The number of carbonyl (C=O) groups excluding carboxylic acids is 3. The van der Waals surface area contributed by atoms with Gasteiger partial charge in [-0.2, -0.15) is 0 Å². The van der Waals surface area contributed by atoms with Crippen LogP contribution in [0.1, 0.15) is 49.8 Å². The molecule has 3 aromatic rings. The van der Waals surface area contributed by atoms with Crippen LogP contribution in [0.2, 0.25) is 0 Å². The standard InChI is InChI=1S/C31H33FN2O4/c1-4-19-12-6-10-16-23(19)33-29(36)27-25(35)18-31(3,38)28(26(27)21-14-8-9-15-22(21)32)30(37)34-24-17-11-7-13-20(24)5-2/h6-17,26-28,38H,4-5,18H2,1-3H3,(H,33,36)(H,34,37). The van der Waals surface area contributed by atoms with Gasteiger partial charge in [-0.05, 0) is 54.7 Å². The zero-order valence-electron chi connectivity index (χ0n) is 21.8. The molecular formula is C31H33FN2O4. The van der Waals surface area contributed by atoms with Gasteiger partial charge in [0.15, 0.2) is 0 Å². The van der Waals surface area contributed by atoms with Gasteiger partial charge in [-0.3, -0.25) is 14.4 Å². The van der Waals surface area contributed by atoms with Crippen LogP contribution in [0.25, 0.3) is 0 Å². The van der Waals surface area contributed by atoms with Crippen LogP contribution in [0.4, 0.5) is 15.8 Å². The number of ketones is 1. The number of carbonyl (C=O) groups is 3. The molecule has 3 aromatic carbocycles. The van der Waals surface area contributed by atoms with E-state index in [9.17, 15) is 19.5 Å². The Morgan fingerprint density at radius 3 is 1.92 bits per heavy atom. The molecule has 0 heterocycles. The fourth-order valence-electron chi connectivity index (χ4n) is 5.53. The number of nitrogens with one attached hydrogen (secondary N) is 2. The summed E-state index contributed by atoms with van der Waals surface area (Å²) in [6.07, 6.45) is 0.899. The second kappa shape index (κ2) is 11.3. The monoisotopic (exact) mass is 516 g/mol. The number of benzene rings is 3. The molecule has 7 heteroatoms. The third kappa shape index (κ3) is 5.38. The lowest BCUT2D eigenvalue weighted by molar-refractivity contribution is -0.150. The topological polar surface area (TPSA) is 95.5 Å². The number of halogens is 1. The van der Waals surface area contributed by atoms with E-state index in [1.54, 1.807) is 30.3 Å². The molecule has 4 rings (SSSR count). The number of hydrogen-bond donors (Lipinski definition) is 3. The van der Waals surface area contributed by atoms with Gasteiger partial charge in [-0.15, -0.1) is 0 Å². The molecule has 198 valence electrons. The lowest BCUT2D eigenvalue weighted by Gasteiger charge is -2.44. The maximum absolute atomic E-state index is 15.3. The lowest BCUT2D eigenvalue weighted by atomic mass is 9.61. The quantitative estimate of drug-likeness (QED) is 0.373. The van der Waals surface area contributed by atoms with Crippen LogP contribution in [0.15, 0.2) is 72.8 Å². The van der Waals surface area contributed by atoms with Crippen molar-refractivity contribution in [3.05, 3.63) is 95.3 Å². The van der Waals surface area contributed by atoms with E-state index < -0.39 is 53.2 Å². The normalized spacial score (nSPS) is 23.1. The molecule has 0 aromatic heterocycles. The van der Waals surface area contributed by atoms with E-state index in [1.807, 2.05) is 38.1 Å². The van der Waals surface area contributed by atoms with Crippen molar-refractivity contribution in [1.82, 2.24) is 0 Å². The Morgan fingerprint density at radius 2 is 1.37 bits per heavy atom. The van der Waals surface area contributed by atoms with Gasteiger partial charge in [0.05, 0.1) is 11.5 Å². The summed E-state index contributed by atoms with van der Waals surface area (Å²) in [5, 5.41) is 17.2. The first-order valence-corrected chi connectivity index (χ1v) is 12.9. The van der Waals surface area contributed by atoms with Crippen molar-refractivity contribution in [2.45, 2.75) is 51.6 Å². The van der Waals surface area contributed by atoms with Gasteiger partial charge in [-0.1, -0.05) is 68.4 Å². The van der Waals surface area contributed by atoms with Gasteiger partial charge in [0.1, 0.15) is 17.5 Å².